The topological polar surface area (TPSA) is 42.2 Å². The Bertz CT molecular complexity index is 1270. The van der Waals surface area contributed by atoms with Gasteiger partial charge in [0.15, 0.2) is 0 Å². The van der Waals surface area contributed by atoms with Crippen LogP contribution in [0.25, 0.3) is 22.4 Å². The minimum Gasteiger partial charge on any atom is -0.478 e. The summed E-state index contributed by atoms with van der Waals surface area (Å²) in [5, 5.41) is 9.34. The molecule has 2 aromatic carbocycles. The van der Waals surface area contributed by atoms with Crippen LogP contribution >= 0.6 is 0 Å². The molecule has 0 fully saturated rings. The highest BCUT2D eigenvalue weighted by Crippen LogP contribution is 2.50. The van der Waals surface area contributed by atoms with E-state index >= 15 is 0 Å². The van der Waals surface area contributed by atoms with Crippen molar-refractivity contribution in [2.45, 2.75) is 96.9 Å². The van der Waals surface area contributed by atoms with E-state index in [1.807, 2.05) is 12.1 Å². The van der Waals surface area contributed by atoms with Gasteiger partial charge in [0.05, 0.1) is 11.3 Å². The number of hydrogen-bond acceptors (Lipinski definition) is 1. The lowest BCUT2D eigenvalue weighted by Crippen LogP contribution is -2.34. The van der Waals surface area contributed by atoms with Crippen molar-refractivity contribution in [1.29, 1.82) is 0 Å². The van der Waals surface area contributed by atoms with Crippen LogP contribution < -0.4 is 0 Å². The van der Waals surface area contributed by atoms with Gasteiger partial charge in [0.1, 0.15) is 0 Å². The zero-order chi connectivity index (χ0) is 25.0. The van der Waals surface area contributed by atoms with Crippen LogP contribution in [0, 0.1) is 0 Å². The maximum Gasteiger partial charge on any atom is 0.335 e. The number of rotatable bonds is 6. The third-order valence-corrected chi connectivity index (χ3v) is 8.60. The van der Waals surface area contributed by atoms with Gasteiger partial charge < -0.3 is 9.67 Å². The lowest BCUT2D eigenvalue weighted by Gasteiger charge is -2.43. The number of fused-ring (bicyclic) bond motifs is 4. The van der Waals surface area contributed by atoms with Gasteiger partial charge in [-0.05, 0) is 89.0 Å². The van der Waals surface area contributed by atoms with Gasteiger partial charge in [-0.1, -0.05) is 65.7 Å². The third kappa shape index (κ3) is 4.13. The van der Waals surface area contributed by atoms with Crippen LogP contribution in [0.3, 0.4) is 0 Å². The van der Waals surface area contributed by atoms with Gasteiger partial charge in [0.2, 0.25) is 0 Å². The molecule has 2 aliphatic rings. The summed E-state index contributed by atoms with van der Waals surface area (Å²) in [6.45, 7) is 12.9. The normalized spacial score (nSPS) is 17.4. The largest absolute Gasteiger partial charge is 0.478 e. The van der Waals surface area contributed by atoms with Crippen molar-refractivity contribution in [1.82, 2.24) is 4.57 Å². The van der Waals surface area contributed by atoms with Crippen LogP contribution in [0.2, 0.25) is 0 Å². The molecule has 3 aromatic rings. The maximum absolute atomic E-state index is 11.4. The second-order valence-corrected chi connectivity index (χ2v) is 12.0. The van der Waals surface area contributed by atoms with Gasteiger partial charge >= 0.3 is 5.97 Å². The van der Waals surface area contributed by atoms with Gasteiger partial charge in [-0.25, -0.2) is 4.79 Å². The van der Waals surface area contributed by atoms with Crippen LogP contribution in [0.5, 0.6) is 0 Å². The number of carboxylic acids is 1. The van der Waals surface area contributed by atoms with E-state index in [0.717, 1.165) is 24.9 Å². The fourth-order valence-electron chi connectivity index (χ4n) is 6.26. The molecule has 1 N–H and O–H groups in total. The summed E-state index contributed by atoms with van der Waals surface area (Å²) in [4.78, 5) is 11.4. The average molecular weight is 470 g/mol. The van der Waals surface area contributed by atoms with Gasteiger partial charge in [0, 0.05) is 23.9 Å². The molecule has 5 rings (SSSR count). The lowest BCUT2D eigenvalue weighted by molar-refractivity contribution is 0.0697. The zero-order valence-electron chi connectivity index (χ0n) is 22.0. The number of carbonyl (C=O) groups is 1. The van der Waals surface area contributed by atoms with Crippen molar-refractivity contribution in [2.24, 2.45) is 0 Å². The Balaban J connectivity index is 1.68. The van der Waals surface area contributed by atoms with Crippen LogP contribution in [0.15, 0.2) is 42.6 Å². The molecule has 3 heteroatoms. The minimum absolute atomic E-state index is 0.187. The number of hydrogen-bond donors (Lipinski definition) is 1. The first kappa shape index (κ1) is 23.9. The molecule has 0 atom stereocenters. The van der Waals surface area contributed by atoms with E-state index in [-0.39, 0.29) is 10.8 Å². The molecule has 1 aromatic heterocycles. The van der Waals surface area contributed by atoms with Gasteiger partial charge in [-0.15, -0.1) is 0 Å². The number of unbranched alkanes of at least 4 members (excludes halogenated alkanes) is 2. The van der Waals surface area contributed by atoms with Crippen molar-refractivity contribution in [3.63, 3.8) is 0 Å². The molecule has 0 spiro atoms. The summed E-state index contributed by atoms with van der Waals surface area (Å²) in [6, 6.07) is 12.5. The summed E-state index contributed by atoms with van der Waals surface area (Å²) >= 11 is 0. The molecule has 0 saturated carbocycles. The van der Waals surface area contributed by atoms with E-state index in [1.54, 1.807) is 17.7 Å². The Morgan fingerprint density at radius 3 is 2.20 bits per heavy atom. The van der Waals surface area contributed by atoms with Crippen molar-refractivity contribution in [3.05, 3.63) is 70.4 Å². The van der Waals surface area contributed by atoms with Gasteiger partial charge in [-0.2, -0.15) is 0 Å². The van der Waals surface area contributed by atoms with E-state index in [1.165, 1.54) is 65.6 Å². The second-order valence-electron chi connectivity index (χ2n) is 12.0. The standard InChI is InChI=1S/C32H39NO2/c1-6-7-8-17-33-20-26(21-9-11-22(12-10-21)30(34)35)24-14-13-23-18-27-28(19-25(23)29(24)33)32(4,5)16-15-31(27,2)3/h9-12,18-20H,6-8,13-17H2,1-5H3,(H,34,35). The molecule has 0 amide bonds. The number of aromatic nitrogens is 1. The van der Waals surface area contributed by atoms with Crippen molar-refractivity contribution in [3.8, 4) is 22.4 Å². The van der Waals surface area contributed by atoms with E-state index in [9.17, 15) is 9.90 Å². The van der Waals surface area contributed by atoms with Crippen molar-refractivity contribution < 1.29 is 9.90 Å². The van der Waals surface area contributed by atoms with Gasteiger partial charge in [0.25, 0.3) is 0 Å². The first-order valence-electron chi connectivity index (χ1n) is 13.4. The first-order valence-corrected chi connectivity index (χ1v) is 13.4. The monoisotopic (exact) mass is 469 g/mol. The highest BCUT2D eigenvalue weighted by Gasteiger charge is 2.38. The second kappa shape index (κ2) is 8.69. The molecule has 35 heavy (non-hydrogen) atoms. The van der Waals surface area contributed by atoms with Crippen molar-refractivity contribution in [2.75, 3.05) is 0 Å². The average Bonchev–Trinajstić information content (AvgIpc) is 3.20. The fraction of sp³-hybridized carbons (Fsp3) is 0.469. The first-order chi connectivity index (χ1) is 16.6. The molecule has 0 bridgehead atoms. The number of aromatic carboxylic acids is 1. The molecule has 184 valence electrons. The molecular weight excluding hydrogens is 430 g/mol. The number of aryl methyl sites for hydroxylation is 2. The molecular formula is C32H39NO2. The summed E-state index contributed by atoms with van der Waals surface area (Å²) in [5.74, 6) is -0.875. The Morgan fingerprint density at radius 2 is 1.57 bits per heavy atom. The molecule has 0 saturated heterocycles. The predicted octanol–water partition coefficient (Wildman–Crippen LogP) is 8.16. The molecule has 1 heterocycles. The lowest BCUT2D eigenvalue weighted by atomic mass is 9.62. The maximum atomic E-state index is 11.4. The van der Waals surface area contributed by atoms with Crippen LogP contribution in [-0.2, 0) is 30.2 Å². The number of nitrogens with zero attached hydrogens (tertiary/aromatic N) is 1. The highest BCUT2D eigenvalue weighted by molar-refractivity contribution is 5.89. The van der Waals surface area contributed by atoms with Gasteiger partial charge in [-0.3, -0.25) is 0 Å². The smallest absolute Gasteiger partial charge is 0.335 e. The predicted molar refractivity (Wildman–Crippen MR) is 144 cm³/mol. The van der Waals surface area contributed by atoms with E-state index in [0.29, 0.717) is 5.56 Å². The van der Waals surface area contributed by atoms with Crippen LogP contribution in [-0.4, -0.2) is 15.6 Å². The van der Waals surface area contributed by atoms with Crippen LogP contribution in [0.1, 0.15) is 99.3 Å². The zero-order valence-corrected chi connectivity index (χ0v) is 22.0. The number of benzene rings is 2. The van der Waals surface area contributed by atoms with E-state index in [2.05, 4.69) is 57.5 Å². The van der Waals surface area contributed by atoms with Crippen molar-refractivity contribution >= 4 is 5.97 Å². The molecule has 0 aliphatic heterocycles. The summed E-state index contributed by atoms with van der Waals surface area (Å²) < 4.78 is 2.50. The van der Waals surface area contributed by atoms with E-state index in [4.69, 9.17) is 0 Å². The molecule has 0 radical (unpaired) electrons. The Kier molecular flexibility index (Phi) is 5.94. The highest BCUT2D eigenvalue weighted by atomic mass is 16.4. The summed E-state index contributed by atoms with van der Waals surface area (Å²) in [6.07, 6.45) is 10.5. The Labute approximate surface area is 210 Å². The summed E-state index contributed by atoms with van der Waals surface area (Å²) in [7, 11) is 0. The molecule has 0 unspecified atom stereocenters. The quantitative estimate of drug-likeness (QED) is 0.370. The Hall–Kier alpha value is -2.81. The molecule has 2 aliphatic carbocycles. The number of carboxylic acid groups (broad SMARTS) is 1. The summed E-state index contributed by atoms with van der Waals surface area (Å²) in [5.41, 5.74) is 11.9. The third-order valence-electron chi connectivity index (χ3n) is 8.60. The Morgan fingerprint density at radius 1 is 0.914 bits per heavy atom. The molecule has 3 nitrogen and oxygen atoms in total. The fourth-order valence-corrected chi connectivity index (χ4v) is 6.26. The van der Waals surface area contributed by atoms with E-state index < -0.39 is 5.97 Å². The SMILES string of the molecule is CCCCCn1cc(-c2ccc(C(=O)O)cc2)c2c1-c1cc3c(cc1CC2)C(C)(C)CCC3(C)C. The van der Waals surface area contributed by atoms with Crippen LogP contribution in [0.4, 0.5) is 0 Å². The minimum atomic E-state index is -0.875.